The maximum absolute atomic E-state index is 13.8. The molecule has 0 bridgehead atoms. The third-order valence-corrected chi connectivity index (χ3v) is 6.60. The summed E-state index contributed by atoms with van der Waals surface area (Å²) in [5.74, 6) is -0.772. The summed E-state index contributed by atoms with van der Waals surface area (Å²) in [5.41, 5.74) is 1.81. The van der Waals surface area contributed by atoms with Gasteiger partial charge in [0.15, 0.2) is 0 Å². The molecule has 8 heteroatoms. The van der Waals surface area contributed by atoms with E-state index in [0.29, 0.717) is 23.4 Å². The van der Waals surface area contributed by atoms with E-state index in [2.05, 4.69) is 30.0 Å². The number of carboxylic acid groups (broad SMARTS) is 1. The maximum atomic E-state index is 13.8. The van der Waals surface area contributed by atoms with Crippen molar-refractivity contribution in [2.75, 3.05) is 19.6 Å². The Hall–Kier alpha value is -3.39. The third kappa shape index (κ3) is 9.39. The van der Waals surface area contributed by atoms with Crippen LogP contribution < -0.4 is 0 Å². The number of allylic oxidation sites excluding steroid dienone is 3. The van der Waals surface area contributed by atoms with Gasteiger partial charge in [-0.3, -0.25) is 4.79 Å². The summed E-state index contributed by atoms with van der Waals surface area (Å²) in [6.07, 6.45) is 3.95. The number of alkyl halides is 3. The smallest absolute Gasteiger partial charge is 0.417 e. The van der Waals surface area contributed by atoms with E-state index in [9.17, 15) is 23.1 Å². The molecule has 0 aromatic heterocycles. The highest BCUT2D eigenvalue weighted by Crippen LogP contribution is 2.37. The molecule has 1 N–H and O–H groups in total. The number of nitrogens with zero attached hydrogens (tertiary/aromatic N) is 2. The van der Waals surface area contributed by atoms with E-state index in [1.54, 1.807) is 43.3 Å². The Kier molecular flexibility index (Phi) is 10.9. The van der Waals surface area contributed by atoms with Crippen molar-refractivity contribution in [1.29, 1.82) is 0 Å². The van der Waals surface area contributed by atoms with E-state index >= 15 is 0 Å². The van der Waals surface area contributed by atoms with Crippen LogP contribution >= 0.6 is 0 Å². The minimum absolute atomic E-state index is 0.0894. The van der Waals surface area contributed by atoms with Crippen LogP contribution in [0.2, 0.25) is 0 Å². The van der Waals surface area contributed by atoms with E-state index in [4.69, 9.17) is 4.84 Å². The number of rotatable bonds is 11. The molecule has 2 aromatic carbocycles. The van der Waals surface area contributed by atoms with E-state index in [1.807, 2.05) is 12.2 Å². The van der Waals surface area contributed by atoms with Gasteiger partial charge in [0.25, 0.3) is 0 Å². The van der Waals surface area contributed by atoms with Crippen molar-refractivity contribution in [2.45, 2.75) is 52.8 Å². The summed E-state index contributed by atoms with van der Waals surface area (Å²) in [5, 5.41) is 13.5. The number of hydrogen-bond donors (Lipinski definition) is 1. The summed E-state index contributed by atoms with van der Waals surface area (Å²) in [6, 6.07) is 12.7. The van der Waals surface area contributed by atoms with Crippen LogP contribution in [0.15, 0.2) is 77.5 Å². The third-order valence-electron chi connectivity index (χ3n) is 6.60. The second-order valence-corrected chi connectivity index (χ2v) is 10.2. The maximum Gasteiger partial charge on any atom is 0.417 e. The van der Waals surface area contributed by atoms with Gasteiger partial charge in [0.05, 0.1) is 17.2 Å². The van der Waals surface area contributed by atoms with E-state index in [1.165, 1.54) is 6.07 Å². The number of carboxylic acids is 1. The van der Waals surface area contributed by atoms with Gasteiger partial charge in [-0.1, -0.05) is 79.7 Å². The number of carbonyl (C=O) groups is 1. The van der Waals surface area contributed by atoms with Crippen molar-refractivity contribution in [2.24, 2.45) is 17.0 Å². The predicted molar refractivity (Wildman–Crippen MR) is 148 cm³/mol. The molecule has 1 aliphatic heterocycles. The molecule has 210 valence electrons. The molecular formula is C31H37F3N2O3. The Labute approximate surface area is 228 Å². The van der Waals surface area contributed by atoms with Crippen molar-refractivity contribution in [3.05, 3.63) is 83.5 Å². The largest absolute Gasteiger partial charge is 0.481 e. The van der Waals surface area contributed by atoms with Gasteiger partial charge in [0, 0.05) is 13.1 Å². The number of benzene rings is 2. The van der Waals surface area contributed by atoms with Crippen LogP contribution in [0.1, 0.15) is 51.2 Å². The van der Waals surface area contributed by atoms with Crippen molar-refractivity contribution in [3.63, 3.8) is 0 Å². The number of hydrogen-bond acceptors (Lipinski definition) is 4. The lowest BCUT2D eigenvalue weighted by molar-refractivity contribution is -0.143. The molecule has 1 heterocycles. The van der Waals surface area contributed by atoms with Crippen molar-refractivity contribution in [1.82, 2.24) is 4.90 Å². The van der Waals surface area contributed by atoms with Crippen molar-refractivity contribution in [3.8, 4) is 11.1 Å². The Morgan fingerprint density at radius 2 is 1.95 bits per heavy atom. The molecule has 0 aliphatic carbocycles. The summed E-state index contributed by atoms with van der Waals surface area (Å²) >= 11 is 0. The molecule has 1 saturated heterocycles. The lowest BCUT2D eigenvalue weighted by Crippen LogP contribution is -2.38. The fraction of sp³-hybridized carbons (Fsp3) is 0.419. The SMILES string of the molecule is CC(=N\OCc1ccc(-c2ccccc2)c(C(F)(F)F)c1)/C(/C=C\CCN1CCCC(C(=O)O)C1)=C/C(C)C. The van der Waals surface area contributed by atoms with E-state index in [0.717, 1.165) is 44.0 Å². The molecule has 3 rings (SSSR count). The number of oxime groups is 1. The first kappa shape index (κ1) is 30.2. The second-order valence-electron chi connectivity index (χ2n) is 10.2. The molecule has 39 heavy (non-hydrogen) atoms. The number of aliphatic carboxylic acids is 1. The molecule has 1 fully saturated rings. The van der Waals surface area contributed by atoms with E-state index in [-0.39, 0.29) is 24.0 Å². The first-order valence-electron chi connectivity index (χ1n) is 13.3. The van der Waals surface area contributed by atoms with Gasteiger partial charge < -0.3 is 14.8 Å². The highest BCUT2D eigenvalue weighted by molar-refractivity contribution is 6.00. The molecular weight excluding hydrogens is 505 g/mol. The molecule has 5 nitrogen and oxygen atoms in total. The quantitative estimate of drug-likeness (QED) is 0.181. The first-order chi connectivity index (χ1) is 18.5. The summed E-state index contributed by atoms with van der Waals surface area (Å²) in [4.78, 5) is 18.9. The highest BCUT2D eigenvalue weighted by atomic mass is 19.4. The molecule has 0 saturated carbocycles. The summed E-state index contributed by atoms with van der Waals surface area (Å²) in [7, 11) is 0. The van der Waals surface area contributed by atoms with Crippen LogP contribution in [-0.2, 0) is 22.4 Å². The van der Waals surface area contributed by atoms with Crippen molar-refractivity contribution >= 4 is 11.7 Å². The Bertz CT molecular complexity index is 1190. The normalized spacial score (nSPS) is 17.7. The summed E-state index contributed by atoms with van der Waals surface area (Å²) < 4.78 is 41.4. The van der Waals surface area contributed by atoms with Crippen LogP contribution in [0, 0.1) is 11.8 Å². The zero-order chi connectivity index (χ0) is 28.4. The Morgan fingerprint density at radius 3 is 2.62 bits per heavy atom. The Balaban J connectivity index is 1.63. The van der Waals surface area contributed by atoms with Gasteiger partial charge in [-0.2, -0.15) is 13.2 Å². The number of piperidine rings is 1. The average Bonchev–Trinajstić information content (AvgIpc) is 2.90. The highest BCUT2D eigenvalue weighted by Gasteiger charge is 2.34. The first-order valence-corrected chi connectivity index (χ1v) is 13.3. The fourth-order valence-corrected chi connectivity index (χ4v) is 4.62. The van der Waals surface area contributed by atoms with Gasteiger partial charge in [0.1, 0.15) is 6.61 Å². The number of likely N-dealkylation sites (tertiary alicyclic amines) is 1. The molecule has 0 spiro atoms. The molecule has 0 amide bonds. The monoisotopic (exact) mass is 542 g/mol. The predicted octanol–water partition coefficient (Wildman–Crippen LogP) is 7.59. The molecule has 1 atom stereocenters. The number of halogens is 3. The van der Waals surface area contributed by atoms with Crippen LogP contribution in [0.3, 0.4) is 0 Å². The van der Waals surface area contributed by atoms with Gasteiger partial charge in [0.2, 0.25) is 0 Å². The zero-order valence-corrected chi connectivity index (χ0v) is 22.7. The second kappa shape index (κ2) is 14.1. The molecule has 1 unspecified atom stereocenters. The lowest BCUT2D eigenvalue weighted by Gasteiger charge is -2.30. The molecule has 1 aliphatic rings. The summed E-state index contributed by atoms with van der Waals surface area (Å²) in [6.45, 7) is 8.08. The van der Waals surface area contributed by atoms with E-state index < -0.39 is 17.7 Å². The molecule has 2 aromatic rings. The van der Waals surface area contributed by atoms with Crippen molar-refractivity contribution < 1.29 is 27.9 Å². The molecule has 0 radical (unpaired) electrons. The van der Waals surface area contributed by atoms with Gasteiger partial charge >= 0.3 is 12.1 Å². The topological polar surface area (TPSA) is 62.1 Å². The minimum atomic E-state index is -4.50. The van der Waals surface area contributed by atoms with Crippen LogP contribution in [-0.4, -0.2) is 41.3 Å². The van der Waals surface area contributed by atoms with Gasteiger partial charge in [-0.15, -0.1) is 0 Å². The van der Waals surface area contributed by atoms with Gasteiger partial charge in [-0.25, -0.2) is 0 Å². The zero-order valence-electron chi connectivity index (χ0n) is 22.7. The average molecular weight is 543 g/mol. The fourth-order valence-electron chi connectivity index (χ4n) is 4.62. The van der Waals surface area contributed by atoms with Crippen LogP contribution in [0.25, 0.3) is 11.1 Å². The lowest BCUT2D eigenvalue weighted by atomic mass is 9.97. The standard InChI is InChI=1S/C31H37F3N2O3/c1-22(2)18-26(12-7-8-16-36-17-9-13-27(20-36)30(37)38)23(3)35-39-21-24-14-15-28(25-10-5-4-6-11-25)29(19-24)31(32,33)34/h4-7,10-12,14-15,18-19,22,27H,8-9,13,16-17,20-21H2,1-3H3,(H,37,38)/b12-7-,26-18+,35-23+. The Morgan fingerprint density at radius 1 is 1.21 bits per heavy atom. The van der Waals surface area contributed by atoms with Crippen LogP contribution in [0.5, 0.6) is 0 Å². The minimum Gasteiger partial charge on any atom is -0.481 e. The van der Waals surface area contributed by atoms with Gasteiger partial charge in [-0.05, 0) is 67.0 Å². The van der Waals surface area contributed by atoms with Crippen LogP contribution in [0.4, 0.5) is 13.2 Å².